The fourth-order valence-corrected chi connectivity index (χ4v) is 3.84. The zero-order valence-electron chi connectivity index (χ0n) is 15.0. The summed E-state index contributed by atoms with van der Waals surface area (Å²) in [6.45, 7) is 1.37. The first-order valence-corrected chi connectivity index (χ1v) is 9.25. The Labute approximate surface area is 154 Å². The highest BCUT2D eigenvalue weighted by molar-refractivity contribution is 5.94. The molecule has 1 aromatic heterocycles. The number of hydrogen-bond acceptors (Lipinski definition) is 3. The number of benzene rings is 1. The summed E-state index contributed by atoms with van der Waals surface area (Å²) in [5.74, 6) is -0.0637. The van der Waals surface area contributed by atoms with E-state index in [0.717, 1.165) is 32.1 Å². The van der Waals surface area contributed by atoms with Crippen LogP contribution in [0.3, 0.4) is 0 Å². The number of likely N-dealkylation sites (tertiary alicyclic amines) is 1. The number of nitrogens with zero attached hydrogens (tertiary/aromatic N) is 2. The zero-order chi connectivity index (χ0) is 18.4. The molecule has 138 valence electrons. The van der Waals surface area contributed by atoms with Crippen LogP contribution in [0.1, 0.15) is 41.6 Å². The predicted molar refractivity (Wildman–Crippen MR) is 99.4 cm³/mol. The van der Waals surface area contributed by atoms with E-state index in [0.29, 0.717) is 23.4 Å². The van der Waals surface area contributed by atoms with Crippen molar-refractivity contribution in [2.75, 3.05) is 19.7 Å². The summed E-state index contributed by atoms with van der Waals surface area (Å²) in [7, 11) is 0. The Morgan fingerprint density at radius 3 is 2.62 bits per heavy atom. The molecule has 0 aliphatic carbocycles. The lowest BCUT2D eigenvalue weighted by molar-refractivity contribution is -0.605. The summed E-state index contributed by atoms with van der Waals surface area (Å²) in [5, 5.41) is 21.2. The largest absolute Gasteiger partial charge is 0.619 e. The monoisotopic (exact) mass is 354 g/mol. The lowest BCUT2D eigenvalue weighted by Crippen LogP contribution is -2.48. The van der Waals surface area contributed by atoms with E-state index in [1.165, 1.54) is 18.0 Å². The second-order valence-corrected chi connectivity index (χ2v) is 7.27. The molecule has 1 fully saturated rings. The van der Waals surface area contributed by atoms with Crippen LogP contribution >= 0.6 is 0 Å². The minimum absolute atomic E-state index is 0.0637. The van der Waals surface area contributed by atoms with Gasteiger partial charge in [0.05, 0.1) is 12.2 Å². The van der Waals surface area contributed by atoms with Gasteiger partial charge in [-0.05, 0) is 37.7 Å². The summed E-state index contributed by atoms with van der Waals surface area (Å²) in [6.07, 6.45) is 7.40. The molecule has 1 amide bonds. The van der Waals surface area contributed by atoms with Gasteiger partial charge < -0.3 is 15.2 Å². The van der Waals surface area contributed by atoms with E-state index in [2.05, 4.69) is 12.1 Å². The van der Waals surface area contributed by atoms with E-state index < -0.39 is 0 Å². The molecule has 1 saturated heterocycles. The molecule has 26 heavy (non-hydrogen) atoms. The highest BCUT2D eigenvalue weighted by Gasteiger charge is 2.36. The van der Waals surface area contributed by atoms with Crippen LogP contribution in [0.5, 0.6) is 0 Å². The summed E-state index contributed by atoms with van der Waals surface area (Å²) >= 11 is 0. The number of pyridine rings is 1. The highest BCUT2D eigenvalue weighted by Crippen LogP contribution is 2.35. The quantitative estimate of drug-likeness (QED) is 0.640. The normalized spacial score (nSPS) is 20.1. The number of aryl methyl sites for hydroxylation is 1. The Balaban J connectivity index is 1.62. The van der Waals surface area contributed by atoms with Crippen molar-refractivity contribution in [3.63, 3.8) is 0 Å². The van der Waals surface area contributed by atoms with E-state index in [1.807, 2.05) is 23.1 Å². The van der Waals surface area contributed by atoms with Crippen LogP contribution in [-0.2, 0) is 6.42 Å². The number of piperidine rings is 1. The van der Waals surface area contributed by atoms with Crippen molar-refractivity contribution in [1.82, 2.24) is 4.90 Å². The minimum Gasteiger partial charge on any atom is -0.619 e. The minimum atomic E-state index is -0.226. The fraction of sp³-hybridized carbons (Fsp3) is 0.429. The number of aliphatic hydroxyl groups is 1. The number of carbonyl (C=O) groups excluding carboxylic acids is 1. The van der Waals surface area contributed by atoms with Gasteiger partial charge in [0.1, 0.15) is 0 Å². The average Bonchev–Trinajstić information content (AvgIpc) is 2.69. The molecule has 1 atom stereocenters. The number of hydrogen-bond donors (Lipinski definition) is 1. The summed E-state index contributed by atoms with van der Waals surface area (Å²) in [5.41, 5.74) is 1.60. The Hall–Kier alpha value is -2.40. The molecule has 0 unspecified atom stereocenters. The van der Waals surface area contributed by atoms with Gasteiger partial charge in [0, 0.05) is 30.6 Å². The molecule has 0 spiro atoms. The molecule has 0 bridgehead atoms. The molecule has 0 radical (unpaired) electrons. The van der Waals surface area contributed by atoms with Gasteiger partial charge in [0.15, 0.2) is 12.4 Å². The summed E-state index contributed by atoms with van der Waals surface area (Å²) in [6, 6.07) is 13.5. The molecular formula is C21H26N2O3. The number of rotatable bonds is 6. The van der Waals surface area contributed by atoms with E-state index in [9.17, 15) is 15.1 Å². The van der Waals surface area contributed by atoms with Gasteiger partial charge in [0.25, 0.3) is 5.91 Å². The average molecular weight is 354 g/mol. The number of aromatic nitrogens is 1. The van der Waals surface area contributed by atoms with Crippen molar-refractivity contribution in [3.8, 4) is 0 Å². The zero-order valence-corrected chi connectivity index (χ0v) is 15.0. The first-order chi connectivity index (χ1) is 12.6. The Morgan fingerprint density at radius 1 is 1.19 bits per heavy atom. The maximum Gasteiger partial charge on any atom is 0.254 e. The van der Waals surface area contributed by atoms with Crippen LogP contribution in [-0.4, -0.2) is 35.6 Å². The molecule has 5 nitrogen and oxygen atoms in total. The smallest absolute Gasteiger partial charge is 0.254 e. The highest BCUT2D eigenvalue weighted by atomic mass is 16.5. The van der Waals surface area contributed by atoms with E-state index >= 15 is 0 Å². The SMILES string of the molecule is O=C(c1cc[n+]([O-])cc1)N1CCC[C@](CO)(CCCc2ccccc2)C1. The molecule has 2 aromatic rings. The fourth-order valence-electron chi connectivity index (χ4n) is 3.84. The first-order valence-electron chi connectivity index (χ1n) is 9.25. The van der Waals surface area contributed by atoms with Gasteiger partial charge in [0.2, 0.25) is 0 Å². The molecule has 1 aliphatic heterocycles. The number of carbonyl (C=O) groups is 1. The third-order valence-electron chi connectivity index (χ3n) is 5.35. The molecule has 1 aromatic carbocycles. The second-order valence-electron chi connectivity index (χ2n) is 7.27. The van der Waals surface area contributed by atoms with Gasteiger partial charge in [-0.15, -0.1) is 0 Å². The van der Waals surface area contributed by atoms with Gasteiger partial charge in [-0.25, -0.2) is 0 Å². The van der Waals surface area contributed by atoms with Crippen molar-refractivity contribution in [2.24, 2.45) is 5.41 Å². The summed E-state index contributed by atoms with van der Waals surface area (Å²) < 4.78 is 0.675. The molecule has 1 N–H and O–H groups in total. The molecule has 2 heterocycles. The Kier molecular flexibility index (Phi) is 5.89. The van der Waals surface area contributed by atoms with Crippen molar-refractivity contribution < 1.29 is 14.6 Å². The van der Waals surface area contributed by atoms with Crippen LogP contribution in [0, 0.1) is 10.6 Å². The van der Waals surface area contributed by atoms with Gasteiger partial charge in [-0.1, -0.05) is 30.3 Å². The third-order valence-corrected chi connectivity index (χ3v) is 5.35. The van der Waals surface area contributed by atoms with Crippen LogP contribution in [0.2, 0.25) is 0 Å². The second kappa shape index (κ2) is 8.32. The predicted octanol–water partition coefficient (Wildman–Crippen LogP) is 2.56. The Morgan fingerprint density at radius 2 is 1.92 bits per heavy atom. The molecular weight excluding hydrogens is 328 g/mol. The first kappa shape index (κ1) is 18.4. The molecule has 3 rings (SSSR count). The van der Waals surface area contributed by atoms with E-state index in [4.69, 9.17) is 0 Å². The molecule has 1 aliphatic rings. The summed E-state index contributed by atoms with van der Waals surface area (Å²) in [4.78, 5) is 14.6. The van der Waals surface area contributed by atoms with Gasteiger partial charge in [-0.2, -0.15) is 4.73 Å². The number of amides is 1. The van der Waals surface area contributed by atoms with Crippen molar-refractivity contribution in [1.29, 1.82) is 0 Å². The lowest BCUT2D eigenvalue weighted by Gasteiger charge is -2.42. The van der Waals surface area contributed by atoms with Crippen LogP contribution in [0.15, 0.2) is 54.9 Å². The van der Waals surface area contributed by atoms with Crippen molar-refractivity contribution in [2.45, 2.75) is 32.1 Å². The Bertz CT molecular complexity index is 718. The van der Waals surface area contributed by atoms with E-state index in [-0.39, 0.29) is 17.9 Å². The topological polar surface area (TPSA) is 67.5 Å². The van der Waals surface area contributed by atoms with Crippen molar-refractivity contribution in [3.05, 3.63) is 71.2 Å². The van der Waals surface area contributed by atoms with E-state index in [1.54, 1.807) is 12.1 Å². The van der Waals surface area contributed by atoms with Crippen LogP contribution in [0.25, 0.3) is 0 Å². The lowest BCUT2D eigenvalue weighted by atomic mass is 9.76. The molecule has 5 heteroatoms. The third kappa shape index (κ3) is 4.41. The van der Waals surface area contributed by atoms with Gasteiger partial charge >= 0.3 is 0 Å². The molecule has 0 saturated carbocycles. The maximum absolute atomic E-state index is 12.7. The number of aliphatic hydroxyl groups excluding tert-OH is 1. The van der Waals surface area contributed by atoms with Gasteiger partial charge in [-0.3, -0.25) is 4.79 Å². The maximum atomic E-state index is 12.7. The van der Waals surface area contributed by atoms with Crippen LogP contribution in [0.4, 0.5) is 0 Å². The standard InChI is InChI=1S/C21H26N2O3/c24-17-21(11-4-8-18-6-2-1-3-7-18)12-5-13-22(16-21)20(25)19-9-14-23(26)15-10-19/h1-3,6-7,9-10,14-15,24H,4-5,8,11-13,16-17H2/t21-/m1/s1. The van der Waals surface area contributed by atoms with Crippen LogP contribution < -0.4 is 4.73 Å². The van der Waals surface area contributed by atoms with Crippen molar-refractivity contribution >= 4 is 5.91 Å².